The van der Waals surface area contributed by atoms with Gasteiger partial charge in [0.1, 0.15) is 5.82 Å². The highest BCUT2D eigenvalue weighted by Gasteiger charge is 2.18. The predicted octanol–water partition coefficient (Wildman–Crippen LogP) is 2.89. The number of hydrogen-bond acceptors (Lipinski definition) is 3. The van der Waals surface area contributed by atoms with Crippen LogP contribution in [0.5, 0.6) is 0 Å². The van der Waals surface area contributed by atoms with E-state index in [-0.39, 0.29) is 0 Å². The van der Waals surface area contributed by atoms with E-state index in [1.807, 2.05) is 19.3 Å². The van der Waals surface area contributed by atoms with Gasteiger partial charge in [-0.15, -0.1) is 0 Å². The highest BCUT2D eigenvalue weighted by Crippen LogP contribution is 2.23. The molecule has 0 saturated heterocycles. The number of aromatic nitrogens is 1. The van der Waals surface area contributed by atoms with Gasteiger partial charge < -0.3 is 5.32 Å². The normalized spacial score (nSPS) is 17.4. The number of rotatable bonds is 4. The van der Waals surface area contributed by atoms with Crippen LogP contribution in [0.1, 0.15) is 37.7 Å². The van der Waals surface area contributed by atoms with Crippen LogP contribution in [0.15, 0.2) is 18.3 Å². The lowest BCUT2D eigenvalue weighted by Crippen LogP contribution is -2.33. The van der Waals surface area contributed by atoms with Gasteiger partial charge in [-0.3, -0.25) is 4.90 Å². The lowest BCUT2D eigenvalue weighted by atomic mass is 9.94. The molecule has 1 fully saturated rings. The number of pyridine rings is 1. The van der Waals surface area contributed by atoms with E-state index >= 15 is 0 Å². The Hall–Kier alpha value is -1.09. The summed E-state index contributed by atoms with van der Waals surface area (Å²) < 4.78 is 0. The zero-order chi connectivity index (χ0) is 12.1. The molecule has 3 heteroatoms. The Kier molecular flexibility index (Phi) is 4.37. The molecule has 2 rings (SSSR count). The van der Waals surface area contributed by atoms with E-state index in [1.165, 1.54) is 37.7 Å². The zero-order valence-corrected chi connectivity index (χ0v) is 10.9. The number of anilines is 1. The second kappa shape index (κ2) is 6.01. The Morgan fingerprint density at radius 2 is 2.12 bits per heavy atom. The van der Waals surface area contributed by atoms with Gasteiger partial charge in [-0.1, -0.05) is 25.3 Å². The van der Waals surface area contributed by atoms with Crippen molar-refractivity contribution in [3.05, 3.63) is 23.9 Å². The molecule has 0 spiro atoms. The van der Waals surface area contributed by atoms with Gasteiger partial charge in [0.15, 0.2) is 0 Å². The topological polar surface area (TPSA) is 28.2 Å². The van der Waals surface area contributed by atoms with E-state index in [1.54, 1.807) is 0 Å². The van der Waals surface area contributed by atoms with Crippen LogP contribution in [0.4, 0.5) is 5.82 Å². The Bertz CT molecular complexity index is 345. The summed E-state index contributed by atoms with van der Waals surface area (Å²) in [5, 5.41) is 3.17. The quantitative estimate of drug-likeness (QED) is 0.866. The number of nitrogens with one attached hydrogen (secondary N) is 1. The number of hydrogen-bond donors (Lipinski definition) is 1. The molecular formula is C14H23N3. The maximum absolute atomic E-state index is 4.36. The summed E-state index contributed by atoms with van der Waals surface area (Å²) in [6.45, 7) is 0.995. The first-order valence-corrected chi connectivity index (χ1v) is 6.63. The van der Waals surface area contributed by atoms with Gasteiger partial charge in [0, 0.05) is 31.4 Å². The molecule has 94 valence electrons. The first kappa shape index (κ1) is 12.4. The molecule has 1 aliphatic carbocycles. The van der Waals surface area contributed by atoms with Crippen LogP contribution in [-0.4, -0.2) is 30.0 Å². The first-order valence-electron chi connectivity index (χ1n) is 6.63. The Morgan fingerprint density at radius 3 is 2.82 bits per heavy atom. The molecule has 0 aliphatic heterocycles. The molecule has 0 amide bonds. The fraction of sp³-hybridized carbons (Fsp3) is 0.643. The highest BCUT2D eigenvalue weighted by atomic mass is 15.1. The predicted molar refractivity (Wildman–Crippen MR) is 72.1 cm³/mol. The largest absolute Gasteiger partial charge is 0.373 e. The molecule has 17 heavy (non-hydrogen) atoms. The Labute approximate surface area is 104 Å². The van der Waals surface area contributed by atoms with Crippen molar-refractivity contribution in [2.75, 3.05) is 19.4 Å². The van der Waals surface area contributed by atoms with Crippen LogP contribution in [0, 0.1) is 0 Å². The second-order valence-corrected chi connectivity index (χ2v) is 4.97. The summed E-state index contributed by atoms with van der Waals surface area (Å²) >= 11 is 0. The lowest BCUT2D eigenvalue weighted by molar-refractivity contribution is 0.184. The molecule has 1 saturated carbocycles. The zero-order valence-electron chi connectivity index (χ0n) is 10.9. The Balaban J connectivity index is 1.99. The van der Waals surface area contributed by atoms with Gasteiger partial charge in [0.05, 0.1) is 0 Å². The summed E-state index contributed by atoms with van der Waals surface area (Å²) in [7, 11) is 4.18. The maximum atomic E-state index is 4.36. The molecule has 1 heterocycles. The minimum atomic E-state index is 0.758. The summed E-state index contributed by atoms with van der Waals surface area (Å²) in [5.41, 5.74) is 1.29. The van der Waals surface area contributed by atoms with Gasteiger partial charge in [0.2, 0.25) is 0 Å². The lowest BCUT2D eigenvalue weighted by Gasteiger charge is -2.31. The molecule has 0 unspecified atom stereocenters. The molecule has 1 aromatic rings. The van der Waals surface area contributed by atoms with Crippen LogP contribution >= 0.6 is 0 Å². The third kappa shape index (κ3) is 3.19. The molecule has 0 aromatic carbocycles. The van der Waals surface area contributed by atoms with Crippen LogP contribution in [0.25, 0.3) is 0 Å². The maximum Gasteiger partial charge on any atom is 0.130 e. The van der Waals surface area contributed by atoms with Crippen LogP contribution < -0.4 is 5.32 Å². The smallest absolute Gasteiger partial charge is 0.130 e. The second-order valence-electron chi connectivity index (χ2n) is 4.97. The molecule has 1 aromatic heterocycles. The highest BCUT2D eigenvalue weighted by molar-refractivity contribution is 5.42. The van der Waals surface area contributed by atoms with E-state index in [0.717, 1.165) is 18.4 Å². The van der Waals surface area contributed by atoms with Gasteiger partial charge in [-0.05, 0) is 26.0 Å². The van der Waals surface area contributed by atoms with E-state index in [2.05, 4.69) is 28.3 Å². The van der Waals surface area contributed by atoms with Crippen LogP contribution in [0.2, 0.25) is 0 Å². The van der Waals surface area contributed by atoms with Crippen molar-refractivity contribution in [1.29, 1.82) is 0 Å². The minimum Gasteiger partial charge on any atom is -0.373 e. The van der Waals surface area contributed by atoms with E-state index in [0.29, 0.717) is 0 Å². The molecule has 0 radical (unpaired) electrons. The average molecular weight is 233 g/mol. The molecule has 1 N–H and O–H groups in total. The van der Waals surface area contributed by atoms with Crippen molar-refractivity contribution < 1.29 is 0 Å². The third-order valence-corrected chi connectivity index (χ3v) is 3.75. The Morgan fingerprint density at radius 1 is 1.35 bits per heavy atom. The minimum absolute atomic E-state index is 0.758. The summed E-state index contributed by atoms with van der Waals surface area (Å²) in [4.78, 5) is 6.84. The average Bonchev–Trinajstić information content (AvgIpc) is 2.40. The van der Waals surface area contributed by atoms with E-state index < -0.39 is 0 Å². The van der Waals surface area contributed by atoms with Gasteiger partial charge >= 0.3 is 0 Å². The fourth-order valence-electron chi connectivity index (χ4n) is 2.71. The SMILES string of the molecule is CNc1ncccc1CN(C)C1CCCCC1. The van der Waals surface area contributed by atoms with Gasteiger partial charge in [-0.2, -0.15) is 0 Å². The molecule has 0 atom stereocenters. The van der Waals surface area contributed by atoms with E-state index in [9.17, 15) is 0 Å². The first-order chi connectivity index (χ1) is 8.31. The van der Waals surface area contributed by atoms with Crippen molar-refractivity contribution in [2.45, 2.75) is 44.7 Å². The molecular weight excluding hydrogens is 210 g/mol. The molecule has 1 aliphatic rings. The summed E-state index contributed by atoms with van der Waals surface area (Å²) in [6, 6.07) is 4.94. The molecule has 3 nitrogen and oxygen atoms in total. The van der Waals surface area contributed by atoms with Crippen molar-refractivity contribution in [2.24, 2.45) is 0 Å². The van der Waals surface area contributed by atoms with Crippen molar-refractivity contribution in [1.82, 2.24) is 9.88 Å². The van der Waals surface area contributed by atoms with Crippen LogP contribution in [0.3, 0.4) is 0 Å². The fourth-order valence-corrected chi connectivity index (χ4v) is 2.71. The van der Waals surface area contributed by atoms with E-state index in [4.69, 9.17) is 0 Å². The third-order valence-electron chi connectivity index (χ3n) is 3.75. The van der Waals surface area contributed by atoms with Crippen LogP contribution in [-0.2, 0) is 6.54 Å². The van der Waals surface area contributed by atoms with Crippen molar-refractivity contribution in [3.63, 3.8) is 0 Å². The van der Waals surface area contributed by atoms with Gasteiger partial charge in [0.25, 0.3) is 0 Å². The molecule has 0 bridgehead atoms. The standard InChI is InChI=1S/C14H23N3/c1-15-14-12(7-6-10-16-14)11-17(2)13-8-4-3-5-9-13/h6-7,10,13H,3-5,8-9,11H2,1-2H3,(H,15,16). The van der Waals surface area contributed by atoms with Crippen molar-refractivity contribution >= 4 is 5.82 Å². The monoisotopic (exact) mass is 233 g/mol. The van der Waals surface area contributed by atoms with Crippen molar-refractivity contribution in [3.8, 4) is 0 Å². The summed E-state index contributed by atoms with van der Waals surface area (Å²) in [6.07, 6.45) is 8.74. The van der Waals surface area contributed by atoms with Gasteiger partial charge in [-0.25, -0.2) is 4.98 Å². The summed E-state index contributed by atoms with van der Waals surface area (Å²) in [5.74, 6) is 1.01. The number of nitrogens with zero attached hydrogens (tertiary/aromatic N) is 2.